The van der Waals surface area contributed by atoms with Gasteiger partial charge in [-0.05, 0) is 0 Å². The standard InChI is InChI=1S/C7H7.Au.2ClH/c1-7-5-3-2-4-6-7;;;/h3-6H,1H3;;2*1H/q;+2;;/p-2. The molecule has 0 amide bonds. The number of benzene rings is 1. The van der Waals surface area contributed by atoms with Gasteiger partial charge in [0.05, 0.1) is 0 Å². The quantitative estimate of drug-likeness (QED) is 0.677. The normalized spacial score (nSPS) is 11.3. The summed E-state index contributed by atoms with van der Waals surface area (Å²) in [5, 5.41) is 0. The Morgan fingerprint density at radius 1 is 1.10 bits per heavy atom. The molecule has 60 valence electrons. The second kappa shape index (κ2) is 3.80. The second-order valence-electron chi connectivity index (χ2n) is 1.91. The van der Waals surface area contributed by atoms with Crippen LogP contribution < -0.4 is 3.78 Å². The molecule has 0 radical (unpaired) electrons. The third kappa shape index (κ3) is 2.30. The molecular formula is C7H7AuCl2. The van der Waals surface area contributed by atoms with Crippen LogP contribution in [0.3, 0.4) is 0 Å². The molecule has 0 aromatic heterocycles. The minimum atomic E-state index is -1.69. The van der Waals surface area contributed by atoms with Gasteiger partial charge in [0.15, 0.2) is 0 Å². The average Bonchev–Trinajstić information content (AvgIpc) is 1.88. The summed E-state index contributed by atoms with van der Waals surface area (Å²) < 4.78 is 1.10. The molecule has 0 nitrogen and oxygen atoms in total. The van der Waals surface area contributed by atoms with E-state index in [0.29, 0.717) is 0 Å². The molecule has 0 heterocycles. The number of halogens is 2. The van der Waals surface area contributed by atoms with Crippen molar-refractivity contribution in [2.75, 3.05) is 0 Å². The van der Waals surface area contributed by atoms with Crippen molar-refractivity contribution in [3.8, 4) is 0 Å². The number of aryl methyl sites for hydroxylation is 1. The fourth-order valence-electron chi connectivity index (χ4n) is 0.596. The van der Waals surface area contributed by atoms with Gasteiger partial charge >= 0.3 is 75.2 Å². The number of hydrogen-bond donors (Lipinski definition) is 0. The predicted octanol–water partition coefficient (Wildman–Crippen LogP) is 2.55. The van der Waals surface area contributed by atoms with Crippen LogP contribution >= 0.6 is 18.4 Å². The average molecular weight is 359 g/mol. The predicted molar refractivity (Wildman–Crippen MR) is 42.5 cm³/mol. The van der Waals surface area contributed by atoms with Crippen LogP contribution in [0.2, 0.25) is 0 Å². The van der Waals surface area contributed by atoms with Crippen LogP contribution in [0.4, 0.5) is 0 Å². The molecule has 0 unspecified atom stereocenters. The van der Waals surface area contributed by atoms with Crippen molar-refractivity contribution in [1.29, 1.82) is 0 Å². The van der Waals surface area contributed by atoms with Crippen molar-refractivity contribution in [3.63, 3.8) is 0 Å². The van der Waals surface area contributed by atoms with E-state index in [-0.39, 0.29) is 0 Å². The van der Waals surface area contributed by atoms with Gasteiger partial charge in [-0.15, -0.1) is 0 Å². The van der Waals surface area contributed by atoms with Crippen LogP contribution in [0.5, 0.6) is 0 Å². The van der Waals surface area contributed by atoms with E-state index >= 15 is 0 Å². The Hall–Kier alpha value is 0.540. The second-order valence-corrected chi connectivity index (χ2v) is 8.97. The molecule has 1 rings (SSSR count). The van der Waals surface area contributed by atoms with Crippen molar-refractivity contribution in [1.82, 2.24) is 0 Å². The molecule has 0 aliphatic rings. The molecule has 10 heavy (non-hydrogen) atoms. The molecule has 0 N–H and O–H groups in total. The Balaban J connectivity index is 2.89. The molecule has 1 aromatic rings. The molecule has 0 aliphatic heterocycles. The Morgan fingerprint density at radius 2 is 1.60 bits per heavy atom. The number of rotatable bonds is 1. The summed E-state index contributed by atoms with van der Waals surface area (Å²) in [6, 6.07) is 8.05. The van der Waals surface area contributed by atoms with Gasteiger partial charge in [0, 0.05) is 0 Å². The van der Waals surface area contributed by atoms with Crippen molar-refractivity contribution < 1.29 is 16.3 Å². The van der Waals surface area contributed by atoms with Gasteiger partial charge in [0.1, 0.15) is 0 Å². The Kier molecular flexibility index (Phi) is 3.28. The first-order valence-corrected chi connectivity index (χ1v) is 9.15. The summed E-state index contributed by atoms with van der Waals surface area (Å²) in [6.45, 7) is 2.05. The van der Waals surface area contributed by atoms with Gasteiger partial charge < -0.3 is 0 Å². The van der Waals surface area contributed by atoms with E-state index in [2.05, 4.69) is 0 Å². The van der Waals surface area contributed by atoms with Crippen molar-refractivity contribution in [3.05, 3.63) is 29.8 Å². The third-order valence-corrected chi connectivity index (χ3v) is 4.94. The van der Waals surface area contributed by atoms with E-state index in [1.165, 1.54) is 5.56 Å². The summed E-state index contributed by atoms with van der Waals surface area (Å²) in [5.74, 6) is 0. The molecular weight excluding hydrogens is 352 g/mol. The zero-order chi connectivity index (χ0) is 7.56. The van der Waals surface area contributed by atoms with Crippen LogP contribution in [-0.4, -0.2) is 0 Å². The molecule has 3 heteroatoms. The van der Waals surface area contributed by atoms with Gasteiger partial charge in [-0.3, -0.25) is 0 Å². The fourth-order valence-corrected chi connectivity index (χ4v) is 2.75. The molecule has 0 fully saturated rings. The number of hydrogen-bond acceptors (Lipinski definition) is 0. The van der Waals surface area contributed by atoms with Crippen LogP contribution in [0.15, 0.2) is 24.3 Å². The van der Waals surface area contributed by atoms with Gasteiger partial charge in [0.2, 0.25) is 0 Å². The van der Waals surface area contributed by atoms with Gasteiger partial charge in [-0.2, -0.15) is 0 Å². The van der Waals surface area contributed by atoms with E-state index < -0.39 is 16.3 Å². The fraction of sp³-hybridized carbons (Fsp3) is 0.143. The van der Waals surface area contributed by atoms with Crippen LogP contribution in [0.25, 0.3) is 0 Å². The first-order valence-electron chi connectivity index (χ1n) is 2.70. The van der Waals surface area contributed by atoms with Crippen LogP contribution in [-0.2, 0) is 16.3 Å². The van der Waals surface area contributed by atoms with E-state index in [4.69, 9.17) is 18.4 Å². The molecule has 0 aliphatic carbocycles. The summed E-state index contributed by atoms with van der Waals surface area (Å²) in [7, 11) is 11.5. The van der Waals surface area contributed by atoms with E-state index in [9.17, 15) is 0 Å². The summed E-state index contributed by atoms with van der Waals surface area (Å²) >= 11 is -1.69. The van der Waals surface area contributed by atoms with Gasteiger partial charge in [-0.1, -0.05) is 0 Å². The van der Waals surface area contributed by atoms with Crippen LogP contribution in [0, 0.1) is 6.92 Å². The first kappa shape index (κ1) is 8.64. The van der Waals surface area contributed by atoms with Crippen LogP contribution in [0.1, 0.15) is 5.56 Å². The van der Waals surface area contributed by atoms with E-state index in [1.54, 1.807) is 0 Å². The minimum absolute atomic E-state index is 1.10. The molecule has 0 bridgehead atoms. The topological polar surface area (TPSA) is 0 Å². The molecule has 0 saturated heterocycles. The zero-order valence-corrected chi connectivity index (χ0v) is 9.05. The third-order valence-electron chi connectivity index (χ3n) is 1.12. The van der Waals surface area contributed by atoms with E-state index in [0.717, 1.165) is 3.78 Å². The summed E-state index contributed by atoms with van der Waals surface area (Å²) in [4.78, 5) is 0. The van der Waals surface area contributed by atoms with Crippen molar-refractivity contribution >= 4 is 22.2 Å². The molecule has 0 spiro atoms. The molecule has 0 atom stereocenters. The maximum atomic E-state index is 5.77. The SMILES string of the molecule is Cc1cc[c]([Au]([Cl])[Cl])cc1. The van der Waals surface area contributed by atoms with Crippen molar-refractivity contribution in [2.45, 2.75) is 6.92 Å². The summed E-state index contributed by atoms with van der Waals surface area (Å²) in [5.41, 5.74) is 1.24. The Labute approximate surface area is 74.9 Å². The Morgan fingerprint density at radius 3 is 2.00 bits per heavy atom. The van der Waals surface area contributed by atoms with Gasteiger partial charge in [-0.25, -0.2) is 0 Å². The zero-order valence-electron chi connectivity index (χ0n) is 5.37. The molecule has 0 saturated carbocycles. The molecule has 1 aromatic carbocycles. The monoisotopic (exact) mass is 358 g/mol. The van der Waals surface area contributed by atoms with Crippen molar-refractivity contribution in [2.24, 2.45) is 0 Å². The maximum absolute atomic E-state index is 5.77. The first-order chi connectivity index (χ1) is 4.70. The van der Waals surface area contributed by atoms with Gasteiger partial charge in [0.25, 0.3) is 0 Å². The Bertz CT molecular complexity index is 205. The summed E-state index contributed by atoms with van der Waals surface area (Å²) in [6.07, 6.45) is 0. The van der Waals surface area contributed by atoms with E-state index in [1.807, 2.05) is 31.2 Å².